The highest BCUT2D eigenvalue weighted by molar-refractivity contribution is 5.72. The van der Waals surface area contributed by atoms with Crippen LogP contribution in [-0.2, 0) is 38.1 Å². The van der Waals surface area contributed by atoms with E-state index < -0.39 is 36.1 Å². The van der Waals surface area contributed by atoms with Crippen LogP contribution in [0.15, 0.2) is 24.3 Å². The van der Waals surface area contributed by atoms with E-state index in [2.05, 4.69) is 38.2 Å². The Morgan fingerprint density at radius 3 is 1.02 bits per heavy atom. The summed E-state index contributed by atoms with van der Waals surface area (Å²) in [6.45, 7) is 5.29. The lowest BCUT2D eigenvalue weighted by Gasteiger charge is -2.27. The van der Waals surface area contributed by atoms with Gasteiger partial charge in [-0.15, -0.1) is 0 Å². The minimum absolute atomic E-state index is 0.149. The molecule has 0 aromatic heterocycles. The number of rotatable bonds is 41. The Kier molecular flexibility index (Phi) is 39.1. The van der Waals surface area contributed by atoms with Crippen LogP contribution in [0.1, 0.15) is 194 Å². The molecule has 0 radical (unpaired) electrons. The van der Waals surface area contributed by atoms with Crippen LogP contribution in [0.5, 0.6) is 0 Å². The van der Waals surface area contributed by atoms with E-state index in [0.717, 1.165) is 64.2 Å². The Balaban J connectivity index is 5.09. The first-order valence-corrected chi connectivity index (χ1v) is 23.4. The first kappa shape index (κ1) is 55.3. The minimum Gasteiger partial charge on any atom is -0.462 e. The second kappa shape index (κ2) is 41.0. The summed E-state index contributed by atoms with van der Waals surface area (Å²) in [7, 11) is 7.71. The number of unbranched alkanes of at least 4 members (excludes halogenated alkanes) is 18. The average Bonchev–Trinajstić information content (AvgIpc) is 3.18. The number of ether oxygens (including phenoxy) is 4. The zero-order valence-electron chi connectivity index (χ0n) is 38.3. The van der Waals surface area contributed by atoms with Crippen LogP contribution in [0.25, 0.3) is 0 Å². The standard InChI is InChI=1S/C48H88N2O8/c1-7-9-11-13-15-17-19-21-23-25-27-29-31-35-45(51)55-41-43(57-47(53)37-33-39-49(3)4)44(58-48(54)38-34-40-50(5)6)42-56-46(52)36-32-30-28-26-24-22-20-18-16-14-12-10-8-2/h17-20,43-44H,7-16,21-42H2,1-6H3/b19-17-,20-18-. The number of nitrogens with zero attached hydrogens (tertiary/aromatic N) is 2. The maximum atomic E-state index is 13.0. The van der Waals surface area contributed by atoms with Gasteiger partial charge in [0.2, 0.25) is 0 Å². The first-order valence-electron chi connectivity index (χ1n) is 23.4. The molecule has 0 heterocycles. The molecule has 10 nitrogen and oxygen atoms in total. The molecule has 0 fully saturated rings. The van der Waals surface area contributed by atoms with Crippen molar-refractivity contribution in [1.82, 2.24) is 9.80 Å². The molecule has 0 aliphatic heterocycles. The van der Waals surface area contributed by atoms with Crippen molar-refractivity contribution in [3.63, 3.8) is 0 Å². The van der Waals surface area contributed by atoms with E-state index in [0.29, 0.717) is 38.8 Å². The van der Waals surface area contributed by atoms with Crippen LogP contribution in [-0.4, -0.2) is 100 Å². The lowest BCUT2D eigenvalue weighted by atomic mass is 10.1. The van der Waals surface area contributed by atoms with Crippen LogP contribution >= 0.6 is 0 Å². The fourth-order valence-electron chi connectivity index (χ4n) is 6.44. The maximum Gasteiger partial charge on any atom is 0.306 e. The summed E-state index contributed by atoms with van der Waals surface area (Å²) in [5.41, 5.74) is 0. The van der Waals surface area contributed by atoms with Gasteiger partial charge in [0.1, 0.15) is 13.2 Å². The Morgan fingerprint density at radius 2 is 0.690 bits per heavy atom. The van der Waals surface area contributed by atoms with Crippen molar-refractivity contribution >= 4 is 23.9 Å². The SMILES string of the molecule is CCCCCC/C=C\CCCCCCCC(=O)OCC(OC(=O)CCCN(C)C)C(COC(=O)CCCCCCC/C=C\CCCCCC)OC(=O)CCCN(C)C. The van der Waals surface area contributed by atoms with Crippen LogP contribution < -0.4 is 0 Å². The molecule has 58 heavy (non-hydrogen) atoms. The number of hydrogen-bond acceptors (Lipinski definition) is 10. The fourth-order valence-corrected chi connectivity index (χ4v) is 6.44. The summed E-state index contributed by atoms with van der Waals surface area (Å²) >= 11 is 0. The zero-order valence-corrected chi connectivity index (χ0v) is 38.3. The van der Waals surface area contributed by atoms with Gasteiger partial charge in [-0.3, -0.25) is 19.2 Å². The van der Waals surface area contributed by atoms with Gasteiger partial charge in [-0.1, -0.05) is 115 Å². The Labute approximate surface area is 355 Å². The molecule has 0 aliphatic carbocycles. The molecular weight excluding hydrogens is 733 g/mol. The van der Waals surface area contributed by atoms with Gasteiger partial charge >= 0.3 is 23.9 Å². The van der Waals surface area contributed by atoms with Crippen LogP contribution in [0.2, 0.25) is 0 Å². The summed E-state index contributed by atoms with van der Waals surface area (Å²) in [5, 5.41) is 0. The molecular formula is C48H88N2O8. The van der Waals surface area contributed by atoms with Gasteiger partial charge in [-0.2, -0.15) is 0 Å². The largest absolute Gasteiger partial charge is 0.462 e. The van der Waals surface area contributed by atoms with Crippen molar-refractivity contribution in [1.29, 1.82) is 0 Å². The first-order chi connectivity index (χ1) is 28.1. The van der Waals surface area contributed by atoms with Crippen molar-refractivity contribution < 1.29 is 38.1 Å². The topological polar surface area (TPSA) is 112 Å². The number of esters is 4. The monoisotopic (exact) mass is 821 g/mol. The lowest BCUT2D eigenvalue weighted by molar-refractivity contribution is -0.183. The van der Waals surface area contributed by atoms with Gasteiger partial charge in [-0.25, -0.2) is 0 Å². The third kappa shape index (κ3) is 38.8. The molecule has 2 unspecified atom stereocenters. The number of carbonyl (C=O) groups is 4. The summed E-state index contributed by atoms with van der Waals surface area (Å²) in [6, 6.07) is 0. The second-order valence-electron chi connectivity index (χ2n) is 16.5. The average molecular weight is 821 g/mol. The Hall–Kier alpha value is -2.72. The third-order valence-electron chi connectivity index (χ3n) is 10.1. The molecule has 10 heteroatoms. The molecule has 0 N–H and O–H groups in total. The Morgan fingerprint density at radius 1 is 0.397 bits per heavy atom. The second-order valence-corrected chi connectivity index (χ2v) is 16.5. The van der Waals surface area contributed by atoms with Crippen molar-refractivity contribution in [2.45, 2.75) is 206 Å². The molecule has 0 amide bonds. The predicted octanol–water partition coefficient (Wildman–Crippen LogP) is 11.1. The molecule has 0 aromatic carbocycles. The van der Waals surface area contributed by atoms with Gasteiger partial charge in [0.25, 0.3) is 0 Å². The number of carbonyl (C=O) groups excluding carboxylic acids is 4. The molecule has 0 saturated heterocycles. The van der Waals surface area contributed by atoms with Crippen LogP contribution in [0.4, 0.5) is 0 Å². The molecule has 0 aromatic rings. The van der Waals surface area contributed by atoms with Gasteiger partial charge in [0, 0.05) is 25.7 Å². The highest BCUT2D eigenvalue weighted by Crippen LogP contribution is 2.15. The van der Waals surface area contributed by atoms with Crippen molar-refractivity contribution in [3.8, 4) is 0 Å². The molecule has 0 spiro atoms. The van der Waals surface area contributed by atoms with E-state index >= 15 is 0 Å². The maximum absolute atomic E-state index is 13.0. The Bertz CT molecular complexity index is 978. The third-order valence-corrected chi connectivity index (χ3v) is 10.1. The van der Waals surface area contributed by atoms with Crippen LogP contribution in [0.3, 0.4) is 0 Å². The highest BCUT2D eigenvalue weighted by Gasteiger charge is 2.32. The minimum atomic E-state index is -1.11. The predicted molar refractivity (Wildman–Crippen MR) is 238 cm³/mol. The summed E-state index contributed by atoms with van der Waals surface area (Å²) < 4.78 is 22.8. The lowest BCUT2D eigenvalue weighted by Crippen LogP contribution is -2.42. The van der Waals surface area contributed by atoms with E-state index in [1.54, 1.807) is 0 Å². The number of hydrogen-bond donors (Lipinski definition) is 0. The van der Waals surface area contributed by atoms with Crippen LogP contribution in [0, 0.1) is 0 Å². The summed E-state index contributed by atoms with van der Waals surface area (Å²) in [4.78, 5) is 55.5. The van der Waals surface area contributed by atoms with E-state index in [-0.39, 0.29) is 38.9 Å². The van der Waals surface area contributed by atoms with Gasteiger partial charge in [0.15, 0.2) is 12.2 Å². The van der Waals surface area contributed by atoms with Crippen molar-refractivity contribution in [2.24, 2.45) is 0 Å². The molecule has 0 rings (SSSR count). The van der Waals surface area contributed by atoms with E-state index in [9.17, 15) is 19.2 Å². The fraction of sp³-hybridized carbons (Fsp3) is 0.833. The normalized spacial score (nSPS) is 12.8. The van der Waals surface area contributed by atoms with E-state index in [1.165, 1.54) is 64.2 Å². The zero-order chi connectivity index (χ0) is 42.9. The number of allylic oxidation sites excluding steroid dienone is 4. The molecule has 0 aliphatic rings. The summed E-state index contributed by atoms with van der Waals surface area (Å²) in [6.07, 6.45) is 33.7. The van der Waals surface area contributed by atoms with Crippen molar-refractivity contribution in [2.75, 3.05) is 54.5 Å². The molecule has 0 saturated carbocycles. The van der Waals surface area contributed by atoms with E-state index in [4.69, 9.17) is 18.9 Å². The highest BCUT2D eigenvalue weighted by atomic mass is 16.6. The molecule has 0 bridgehead atoms. The smallest absolute Gasteiger partial charge is 0.306 e. The molecule has 338 valence electrons. The molecule has 2 atom stereocenters. The summed E-state index contributed by atoms with van der Waals surface area (Å²) in [5.74, 6) is -1.77. The van der Waals surface area contributed by atoms with Gasteiger partial charge < -0.3 is 28.7 Å². The quantitative estimate of drug-likeness (QED) is 0.0256. The van der Waals surface area contributed by atoms with Crippen molar-refractivity contribution in [3.05, 3.63) is 24.3 Å². The van der Waals surface area contributed by atoms with E-state index in [1.807, 2.05) is 38.0 Å². The van der Waals surface area contributed by atoms with Gasteiger partial charge in [-0.05, 0) is 118 Å². The van der Waals surface area contributed by atoms with Gasteiger partial charge in [0.05, 0.1) is 0 Å².